The van der Waals surface area contributed by atoms with Crippen LogP contribution in [0, 0.1) is 10.8 Å². The summed E-state index contributed by atoms with van der Waals surface area (Å²) in [6.45, 7) is 9.02. The highest BCUT2D eigenvalue weighted by Crippen LogP contribution is 2.74. The van der Waals surface area contributed by atoms with Gasteiger partial charge in [0, 0.05) is 5.92 Å². The van der Waals surface area contributed by atoms with E-state index < -0.39 is 0 Å². The lowest BCUT2D eigenvalue weighted by Crippen LogP contribution is -1.95. The molecule has 1 fully saturated rings. The average molecular weight is 286 g/mol. The third-order valence-corrected chi connectivity index (χ3v) is 5.39. The Morgan fingerprint density at radius 3 is 2.43 bits per heavy atom. The Bertz CT molecular complexity index is 672. The molecule has 1 aromatic carbocycles. The first-order chi connectivity index (χ1) is 9.80. The zero-order valence-electron chi connectivity index (χ0n) is 13.2. The van der Waals surface area contributed by atoms with E-state index >= 15 is 0 Å². The van der Waals surface area contributed by atoms with Crippen molar-refractivity contribution >= 4 is 5.82 Å². The first-order valence-electron chi connectivity index (χ1n) is 7.20. The summed E-state index contributed by atoms with van der Waals surface area (Å²) >= 11 is 0. The number of hydrogen-bond donors (Lipinski definition) is 1. The van der Waals surface area contributed by atoms with Gasteiger partial charge in [0.2, 0.25) is 0 Å². The van der Waals surface area contributed by atoms with Crippen LogP contribution in [0.15, 0.2) is 28.8 Å². The predicted molar refractivity (Wildman–Crippen MR) is 83.2 cm³/mol. The van der Waals surface area contributed by atoms with Crippen LogP contribution in [0.1, 0.15) is 39.4 Å². The molecule has 0 unspecified atom stereocenters. The third kappa shape index (κ3) is 1.85. The molecule has 4 heteroatoms. The number of anilines is 1. The largest absolute Gasteiger partial charge is 0.497 e. The number of methoxy groups -OCH3 is 1. The maximum absolute atomic E-state index is 6.06. The van der Waals surface area contributed by atoms with Gasteiger partial charge in [-0.05, 0) is 28.5 Å². The number of nitrogens with zero attached hydrogens (tertiary/aromatic N) is 1. The van der Waals surface area contributed by atoms with Crippen LogP contribution in [0.5, 0.6) is 5.75 Å². The van der Waals surface area contributed by atoms with Gasteiger partial charge in [0.05, 0.1) is 12.7 Å². The minimum absolute atomic E-state index is 0.173. The number of aromatic nitrogens is 1. The van der Waals surface area contributed by atoms with Crippen LogP contribution in [-0.4, -0.2) is 12.3 Å². The predicted octanol–water partition coefficient (Wildman–Crippen LogP) is 4.08. The molecule has 112 valence electrons. The molecule has 1 aliphatic carbocycles. The van der Waals surface area contributed by atoms with Gasteiger partial charge in [-0.1, -0.05) is 45.0 Å². The van der Waals surface area contributed by atoms with Gasteiger partial charge in [0.1, 0.15) is 5.75 Å². The van der Waals surface area contributed by atoms with Gasteiger partial charge >= 0.3 is 0 Å². The number of nitrogens with two attached hydrogens (primary N) is 1. The van der Waals surface area contributed by atoms with Gasteiger partial charge in [-0.25, -0.2) is 0 Å². The van der Waals surface area contributed by atoms with Crippen LogP contribution in [-0.2, 0) is 0 Å². The lowest BCUT2D eigenvalue weighted by Gasteiger charge is -2.06. The smallest absolute Gasteiger partial charge is 0.175 e. The van der Waals surface area contributed by atoms with Crippen LogP contribution in [0.25, 0.3) is 11.1 Å². The molecule has 0 radical (unpaired) electrons. The third-order valence-electron chi connectivity index (χ3n) is 5.39. The topological polar surface area (TPSA) is 61.3 Å². The SMILES string of the molecule is COc1cccc(-c2c(N)noc2C2C(C)(C)C2(C)C)c1. The van der Waals surface area contributed by atoms with E-state index in [1.807, 2.05) is 24.3 Å². The van der Waals surface area contributed by atoms with Gasteiger partial charge in [-0.15, -0.1) is 0 Å². The van der Waals surface area contributed by atoms with Crippen LogP contribution < -0.4 is 10.5 Å². The van der Waals surface area contributed by atoms with Gasteiger partial charge < -0.3 is 15.0 Å². The van der Waals surface area contributed by atoms with E-state index in [0.717, 1.165) is 22.6 Å². The molecule has 0 saturated heterocycles. The molecule has 1 saturated carbocycles. The molecule has 2 aromatic rings. The minimum Gasteiger partial charge on any atom is -0.497 e. The lowest BCUT2D eigenvalue weighted by atomic mass is 10.00. The van der Waals surface area contributed by atoms with E-state index in [1.54, 1.807) is 7.11 Å². The van der Waals surface area contributed by atoms with Gasteiger partial charge in [0.25, 0.3) is 0 Å². The van der Waals surface area contributed by atoms with Crippen LogP contribution in [0.4, 0.5) is 5.82 Å². The molecule has 0 bridgehead atoms. The van der Waals surface area contributed by atoms with Crippen molar-refractivity contribution in [3.05, 3.63) is 30.0 Å². The Hall–Kier alpha value is -1.97. The standard InChI is InChI=1S/C17H22N2O2/c1-16(2)14(17(16,3)4)13-12(15(18)19-21-13)10-7-6-8-11(9-10)20-5/h6-9,14H,1-5H3,(H2,18,19). The van der Waals surface area contributed by atoms with Crippen molar-refractivity contribution in [2.24, 2.45) is 10.8 Å². The Morgan fingerprint density at radius 1 is 1.19 bits per heavy atom. The Balaban J connectivity index is 2.11. The molecule has 1 heterocycles. The Labute approximate surface area is 125 Å². The van der Waals surface area contributed by atoms with E-state index in [2.05, 4.69) is 32.9 Å². The molecule has 3 rings (SSSR count). The van der Waals surface area contributed by atoms with Crippen molar-refractivity contribution in [3.8, 4) is 16.9 Å². The second kappa shape index (κ2) is 4.26. The quantitative estimate of drug-likeness (QED) is 0.923. The van der Waals surface area contributed by atoms with E-state index in [1.165, 1.54) is 0 Å². The van der Waals surface area contributed by atoms with Gasteiger partial charge in [0.15, 0.2) is 11.6 Å². The molecule has 1 aliphatic rings. The van der Waals surface area contributed by atoms with E-state index in [4.69, 9.17) is 15.0 Å². The molecule has 0 amide bonds. The average Bonchev–Trinajstić information content (AvgIpc) is 2.72. The molecule has 2 N–H and O–H groups in total. The first kappa shape index (κ1) is 14.0. The highest BCUT2D eigenvalue weighted by Gasteiger charge is 2.67. The van der Waals surface area contributed by atoms with Gasteiger partial charge in [-0.3, -0.25) is 0 Å². The van der Waals surface area contributed by atoms with Gasteiger partial charge in [-0.2, -0.15) is 0 Å². The molecule has 0 aliphatic heterocycles. The summed E-state index contributed by atoms with van der Waals surface area (Å²) in [6, 6.07) is 7.84. The number of nitrogen functional groups attached to an aromatic ring is 1. The zero-order valence-corrected chi connectivity index (χ0v) is 13.2. The molecular weight excluding hydrogens is 264 g/mol. The molecule has 0 spiro atoms. The minimum atomic E-state index is 0.173. The molecule has 0 atom stereocenters. The van der Waals surface area contributed by atoms with Crippen molar-refractivity contribution in [1.29, 1.82) is 0 Å². The maximum Gasteiger partial charge on any atom is 0.175 e. The first-order valence-corrected chi connectivity index (χ1v) is 7.20. The van der Waals surface area contributed by atoms with Crippen LogP contribution in [0.2, 0.25) is 0 Å². The van der Waals surface area contributed by atoms with E-state index in [-0.39, 0.29) is 10.8 Å². The van der Waals surface area contributed by atoms with E-state index in [0.29, 0.717) is 11.7 Å². The molecule has 1 aromatic heterocycles. The molecule has 21 heavy (non-hydrogen) atoms. The van der Waals surface area contributed by atoms with Crippen molar-refractivity contribution in [2.45, 2.75) is 33.6 Å². The second-order valence-corrected chi connectivity index (χ2v) is 6.92. The Kier molecular flexibility index (Phi) is 2.84. The molecule has 4 nitrogen and oxygen atoms in total. The van der Waals surface area contributed by atoms with E-state index in [9.17, 15) is 0 Å². The maximum atomic E-state index is 6.06. The normalized spacial score (nSPS) is 19.5. The highest BCUT2D eigenvalue weighted by atomic mass is 16.5. The summed E-state index contributed by atoms with van der Waals surface area (Å²) in [6.07, 6.45) is 0. The Morgan fingerprint density at radius 2 is 1.86 bits per heavy atom. The second-order valence-electron chi connectivity index (χ2n) is 6.92. The van der Waals surface area contributed by atoms with Crippen LogP contribution >= 0.6 is 0 Å². The molecular formula is C17H22N2O2. The highest BCUT2D eigenvalue weighted by molar-refractivity contribution is 5.77. The summed E-state index contributed by atoms with van der Waals surface area (Å²) in [5.41, 5.74) is 8.30. The number of hydrogen-bond acceptors (Lipinski definition) is 4. The monoisotopic (exact) mass is 286 g/mol. The summed E-state index contributed by atoms with van der Waals surface area (Å²) < 4.78 is 10.9. The van der Waals surface area contributed by atoms with Crippen molar-refractivity contribution in [1.82, 2.24) is 5.16 Å². The van der Waals surface area contributed by atoms with Crippen molar-refractivity contribution in [3.63, 3.8) is 0 Å². The summed E-state index contributed by atoms with van der Waals surface area (Å²) in [4.78, 5) is 0. The lowest BCUT2D eigenvalue weighted by molar-refractivity contribution is 0.374. The fourth-order valence-corrected chi connectivity index (χ4v) is 3.43. The summed E-state index contributed by atoms with van der Waals surface area (Å²) in [7, 11) is 1.66. The summed E-state index contributed by atoms with van der Waals surface area (Å²) in [5.74, 6) is 2.44. The number of benzene rings is 1. The fourth-order valence-electron chi connectivity index (χ4n) is 3.43. The van der Waals surface area contributed by atoms with Crippen molar-refractivity contribution in [2.75, 3.05) is 12.8 Å². The number of rotatable bonds is 3. The van der Waals surface area contributed by atoms with Crippen molar-refractivity contribution < 1.29 is 9.26 Å². The van der Waals surface area contributed by atoms with Crippen LogP contribution in [0.3, 0.4) is 0 Å². The number of ether oxygens (including phenoxy) is 1. The summed E-state index contributed by atoms with van der Waals surface area (Å²) in [5, 5.41) is 4.00. The zero-order chi connectivity index (χ0) is 15.4. The fraction of sp³-hybridized carbons (Fsp3) is 0.471.